The van der Waals surface area contributed by atoms with Crippen molar-refractivity contribution in [2.24, 2.45) is 0 Å². The Morgan fingerprint density at radius 3 is 1.49 bits per heavy atom. The van der Waals surface area contributed by atoms with Crippen LogP contribution in [-0.2, 0) is 9.59 Å². The van der Waals surface area contributed by atoms with E-state index in [0.29, 0.717) is 32.0 Å². The van der Waals surface area contributed by atoms with Gasteiger partial charge in [0.1, 0.15) is 11.6 Å². The molecule has 10 aromatic rings. The summed E-state index contributed by atoms with van der Waals surface area (Å²) in [5, 5.41) is 26.9. The molecule has 2 aromatic carbocycles. The van der Waals surface area contributed by atoms with Crippen LogP contribution in [0.15, 0.2) is 135 Å². The van der Waals surface area contributed by atoms with Gasteiger partial charge in [0.15, 0.2) is 23.3 Å². The Bertz CT molecular complexity index is 3540. The lowest BCUT2D eigenvalue weighted by molar-refractivity contribution is -0.131. The fourth-order valence-electron chi connectivity index (χ4n) is 9.18. The summed E-state index contributed by atoms with van der Waals surface area (Å²) in [5.41, 5.74) is 2.37. The van der Waals surface area contributed by atoms with Gasteiger partial charge in [-0.05, 0) is 38.8 Å². The van der Waals surface area contributed by atoms with Crippen LogP contribution in [0.4, 0.5) is 8.78 Å². The summed E-state index contributed by atoms with van der Waals surface area (Å²) < 4.78 is 35.7. The quantitative estimate of drug-likeness (QED) is 0.0877. The number of benzene rings is 2. The molecule has 0 unspecified atom stereocenters. The van der Waals surface area contributed by atoms with Crippen molar-refractivity contribution in [3.05, 3.63) is 158 Å². The molecule has 0 bridgehead atoms. The Labute approximate surface area is 412 Å². The first kappa shape index (κ1) is 47.3. The van der Waals surface area contributed by atoms with E-state index in [1.807, 2.05) is 48.8 Å². The van der Waals surface area contributed by atoms with Gasteiger partial charge in [-0.15, -0.1) is 10.2 Å². The number of carbonyl (C=O) groups excluding carboxylic acids is 3. The van der Waals surface area contributed by atoms with E-state index in [2.05, 4.69) is 95.4 Å². The highest BCUT2D eigenvalue weighted by atomic mass is 19.1. The summed E-state index contributed by atoms with van der Waals surface area (Å²) >= 11 is 0. The van der Waals surface area contributed by atoms with Crippen LogP contribution in [-0.4, -0.2) is 129 Å². The molecule has 1 amide bonds. The Balaban J connectivity index is 0.000000139. The topological polar surface area (TPSA) is 258 Å². The number of carboxylic acids is 1. The third-order valence-electron chi connectivity index (χ3n) is 12.7. The van der Waals surface area contributed by atoms with Crippen LogP contribution >= 0.6 is 0 Å². The number of pyridine rings is 2. The van der Waals surface area contributed by atoms with Gasteiger partial charge in [0.25, 0.3) is 17.5 Å². The first-order chi connectivity index (χ1) is 35.7. The number of nitrogens with one attached hydrogen (secondary N) is 3. The molecule has 368 valence electrons. The molecule has 2 aliphatic rings. The summed E-state index contributed by atoms with van der Waals surface area (Å²) in [4.78, 5) is 72.6. The lowest BCUT2D eigenvalue weighted by Gasteiger charge is -2.33. The van der Waals surface area contributed by atoms with Crippen molar-refractivity contribution < 1.29 is 33.1 Å². The van der Waals surface area contributed by atoms with Crippen molar-refractivity contribution in [1.82, 2.24) is 79.2 Å². The lowest BCUT2D eigenvalue weighted by Crippen LogP contribution is -2.42. The number of halogens is 2. The van der Waals surface area contributed by atoms with E-state index in [1.54, 1.807) is 12.4 Å². The number of H-pyrrole nitrogens is 2. The summed E-state index contributed by atoms with van der Waals surface area (Å²) in [6.45, 7) is 3.05. The molecule has 4 N–H and O–H groups in total. The fourth-order valence-corrected chi connectivity index (χ4v) is 9.18. The van der Waals surface area contributed by atoms with Crippen molar-refractivity contribution in [1.29, 1.82) is 0 Å². The molecule has 0 saturated carbocycles. The standard InChI is InChI=1S/C25H21FN8O2.C14H17N3.C11H6FN5O3/c26-19-15-29-24(34-13-9-30-31-34)21-20(19)18(14-28-21)22(35)25(36)32-10-6-17(7-11-32)33-12-8-27-23(33)16-4-2-1-3-5-16;1-2-4-12(5-3-1)14-16-10-11-17(14)13-6-8-15-9-7-13;12-6-4-14-10(17-2-1-15-16-17)8-7(6)5(3-13-8)9(18)11(19)20/h1-5,8-9,12-15,17,28H,6-7,10-11H2;1-5,10-11,13,15H,6-9H2;1-4,13H,(H,19,20). The van der Waals surface area contributed by atoms with Crippen LogP contribution in [0.2, 0.25) is 0 Å². The number of likely N-dealkylation sites (tertiary alicyclic amines) is 1. The zero-order chi connectivity index (χ0) is 50.4. The highest BCUT2D eigenvalue weighted by Crippen LogP contribution is 2.31. The van der Waals surface area contributed by atoms with Crippen LogP contribution in [0.1, 0.15) is 58.5 Å². The van der Waals surface area contributed by atoms with Crippen LogP contribution in [0.3, 0.4) is 0 Å². The molecule has 21 nitrogen and oxygen atoms in total. The Morgan fingerprint density at radius 1 is 0.575 bits per heavy atom. The van der Waals surface area contributed by atoms with E-state index >= 15 is 0 Å². The van der Waals surface area contributed by atoms with Gasteiger partial charge in [-0.25, -0.2) is 42.9 Å². The number of aromatic amines is 2. The number of ketones is 2. The zero-order valence-electron chi connectivity index (χ0n) is 38.7. The normalized spacial score (nSPS) is 14.1. The van der Waals surface area contributed by atoms with Crippen LogP contribution < -0.4 is 5.32 Å². The number of hydrogen-bond acceptors (Lipinski definition) is 13. The highest BCUT2D eigenvalue weighted by molar-refractivity contribution is 6.45. The molecular weight excluding hydrogens is 943 g/mol. The number of aromatic nitrogens is 14. The van der Waals surface area contributed by atoms with E-state index in [0.717, 1.165) is 48.9 Å². The maximum atomic E-state index is 14.7. The molecule has 2 fully saturated rings. The van der Waals surface area contributed by atoms with Crippen molar-refractivity contribution in [3.63, 3.8) is 0 Å². The Morgan fingerprint density at radius 2 is 1.04 bits per heavy atom. The molecule has 0 atom stereocenters. The van der Waals surface area contributed by atoms with Crippen LogP contribution in [0, 0.1) is 11.6 Å². The Kier molecular flexibility index (Phi) is 13.6. The maximum absolute atomic E-state index is 14.7. The average molecular weight is 987 g/mol. The number of carboxylic acid groups (broad SMARTS) is 1. The number of imidazole rings is 2. The second kappa shape index (κ2) is 20.9. The minimum absolute atomic E-state index is 0.00894. The largest absolute Gasteiger partial charge is 0.475 e. The van der Waals surface area contributed by atoms with Crippen molar-refractivity contribution in [3.8, 4) is 34.4 Å². The number of carbonyl (C=O) groups is 4. The molecule has 12 rings (SSSR count). The maximum Gasteiger partial charge on any atom is 0.377 e. The van der Waals surface area contributed by atoms with Gasteiger partial charge in [-0.1, -0.05) is 71.1 Å². The molecule has 2 saturated heterocycles. The zero-order valence-corrected chi connectivity index (χ0v) is 38.7. The summed E-state index contributed by atoms with van der Waals surface area (Å²) in [5.74, 6) is -3.30. The van der Waals surface area contributed by atoms with Crippen molar-refractivity contribution >= 4 is 45.2 Å². The monoisotopic (exact) mass is 986 g/mol. The van der Waals surface area contributed by atoms with Gasteiger partial charge in [-0.3, -0.25) is 14.4 Å². The number of Topliss-reactive ketones (excluding diaryl/α,β-unsaturated/α-hetero) is 2. The molecular formula is C50H44F2N16O5. The number of rotatable bonds is 10. The number of aliphatic carboxylic acids is 1. The Hall–Kier alpha value is -9.38. The van der Waals surface area contributed by atoms with Gasteiger partial charge in [0.2, 0.25) is 0 Å². The predicted molar refractivity (Wildman–Crippen MR) is 260 cm³/mol. The number of amides is 1. The molecule has 0 aliphatic carbocycles. The molecule has 0 radical (unpaired) electrons. The molecule has 23 heteroatoms. The number of fused-ring (bicyclic) bond motifs is 2. The molecule has 8 aromatic heterocycles. The number of nitrogens with zero attached hydrogens (tertiary/aromatic N) is 13. The van der Waals surface area contributed by atoms with Crippen LogP contribution in [0.5, 0.6) is 0 Å². The third kappa shape index (κ3) is 9.63. The smallest absolute Gasteiger partial charge is 0.377 e. The van der Waals surface area contributed by atoms with Gasteiger partial charge >= 0.3 is 5.97 Å². The van der Waals surface area contributed by atoms with E-state index in [1.165, 1.54) is 57.5 Å². The van der Waals surface area contributed by atoms with E-state index in [4.69, 9.17) is 5.11 Å². The minimum Gasteiger partial charge on any atom is -0.475 e. The number of hydrogen-bond donors (Lipinski definition) is 4. The second-order valence-electron chi connectivity index (χ2n) is 17.0. The van der Waals surface area contributed by atoms with Gasteiger partial charge in [-0.2, -0.15) is 0 Å². The van der Waals surface area contributed by atoms with Gasteiger partial charge < -0.3 is 34.4 Å². The lowest BCUT2D eigenvalue weighted by atomic mass is 10.0. The van der Waals surface area contributed by atoms with Gasteiger partial charge in [0, 0.05) is 73.5 Å². The second-order valence-corrected chi connectivity index (χ2v) is 17.0. The fraction of sp³-hybridized carbons (Fsp3) is 0.200. The molecule has 10 heterocycles. The molecule has 2 aliphatic heterocycles. The third-order valence-corrected chi connectivity index (χ3v) is 12.7. The summed E-state index contributed by atoms with van der Waals surface area (Å²) in [7, 11) is 0. The molecule has 73 heavy (non-hydrogen) atoms. The summed E-state index contributed by atoms with van der Waals surface area (Å²) in [6.07, 6.45) is 21.8. The van der Waals surface area contributed by atoms with E-state index < -0.39 is 35.1 Å². The van der Waals surface area contributed by atoms with E-state index in [-0.39, 0.29) is 50.6 Å². The SMILES string of the molecule is O=C(C(=O)N1CCC(n2ccnc2-c2ccccc2)CC1)c1c[nH]c2c(-n3ccnn3)ncc(F)c12.O=C(O)C(=O)c1c[nH]c2c(-n3ccnn3)ncc(F)c12.c1ccc(-c2nccn2C2CCNCC2)cc1. The summed E-state index contributed by atoms with van der Waals surface area (Å²) in [6, 6.07) is 21.1. The number of piperidine rings is 2. The van der Waals surface area contributed by atoms with Crippen molar-refractivity contribution in [2.75, 3.05) is 26.2 Å². The first-order valence-electron chi connectivity index (χ1n) is 23.2. The van der Waals surface area contributed by atoms with Crippen LogP contribution in [0.25, 0.3) is 56.2 Å². The minimum atomic E-state index is -1.66. The average Bonchev–Trinajstić information content (AvgIpc) is 4.30. The van der Waals surface area contributed by atoms with E-state index in [9.17, 15) is 28.0 Å². The molecule has 0 spiro atoms. The van der Waals surface area contributed by atoms with Crippen molar-refractivity contribution in [2.45, 2.75) is 37.8 Å². The highest BCUT2D eigenvalue weighted by Gasteiger charge is 2.32. The van der Waals surface area contributed by atoms with Gasteiger partial charge in [0.05, 0.1) is 70.1 Å². The first-order valence-corrected chi connectivity index (χ1v) is 23.2. The predicted octanol–water partition coefficient (Wildman–Crippen LogP) is 6.22.